The van der Waals surface area contributed by atoms with Gasteiger partial charge in [0.05, 0.1) is 10.0 Å². The number of Topliss-reactive ketones (excluding diaryl/α,β-unsaturated/α-hetero) is 1. The Hall–Kier alpha value is -1.10. The topological polar surface area (TPSA) is 48.3 Å². The number of ether oxygens (including phenoxy) is 1. The van der Waals surface area contributed by atoms with Crippen LogP contribution in [0.15, 0.2) is 15.5 Å². The largest absolute Gasteiger partial charge is 0.484 e. The minimum Gasteiger partial charge on any atom is -0.484 e. The van der Waals surface area contributed by atoms with E-state index in [1.165, 1.54) is 4.57 Å². The number of aromatic nitrogens is 1. The summed E-state index contributed by atoms with van der Waals surface area (Å²) < 4.78 is 7.34. The SMILES string of the molecule is Cn1cc(Br)c2c(c1=O)CC(=O)CO2. The Bertz CT molecular complexity index is 464. The molecule has 2 rings (SSSR count). The van der Waals surface area contributed by atoms with E-state index in [2.05, 4.69) is 15.9 Å². The third-order valence-corrected chi connectivity index (χ3v) is 2.69. The van der Waals surface area contributed by atoms with Crippen LogP contribution in [0.25, 0.3) is 0 Å². The van der Waals surface area contributed by atoms with E-state index in [1.807, 2.05) is 0 Å². The summed E-state index contributed by atoms with van der Waals surface area (Å²) in [5.74, 6) is 0.445. The average Bonchev–Trinajstić information content (AvgIpc) is 2.14. The number of hydrogen-bond donors (Lipinski definition) is 0. The Morgan fingerprint density at radius 3 is 2.93 bits per heavy atom. The first-order chi connectivity index (χ1) is 6.59. The van der Waals surface area contributed by atoms with Crippen molar-refractivity contribution in [1.29, 1.82) is 0 Å². The fourth-order valence-electron chi connectivity index (χ4n) is 1.45. The molecule has 0 fully saturated rings. The molecule has 1 aromatic heterocycles. The number of ketones is 1. The van der Waals surface area contributed by atoms with Gasteiger partial charge in [-0.1, -0.05) is 0 Å². The van der Waals surface area contributed by atoms with Gasteiger partial charge < -0.3 is 9.30 Å². The van der Waals surface area contributed by atoms with E-state index in [-0.39, 0.29) is 24.4 Å². The minimum atomic E-state index is -0.170. The molecule has 0 bridgehead atoms. The third-order valence-electron chi connectivity index (χ3n) is 2.13. The third kappa shape index (κ3) is 1.37. The summed E-state index contributed by atoms with van der Waals surface area (Å²) in [4.78, 5) is 22.7. The molecule has 2 heterocycles. The number of nitrogens with zero attached hydrogens (tertiary/aromatic N) is 1. The van der Waals surface area contributed by atoms with E-state index < -0.39 is 0 Å². The van der Waals surface area contributed by atoms with Crippen molar-refractivity contribution in [3.8, 4) is 5.75 Å². The maximum atomic E-state index is 11.6. The molecule has 0 saturated heterocycles. The molecule has 74 valence electrons. The second kappa shape index (κ2) is 3.24. The van der Waals surface area contributed by atoms with Crippen LogP contribution in [0.1, 0.15) is 5.56 Å². The van der Waals surface area contributed by atoms with Gasteiger partial charge in [-0.3, -0.25) is 9.59 Å². The summed E-state index contributed by atoms with van der Waals surface area (Å²) >= 11 is 3.29. The van der Waals surface area contributed by atoms with Crippen LogP contribution in [0.4, 0.5) is 0 Å². The van der Waals surface area contributed by atoms with Gasteiger partial charge in [-0.2, -0.15) is 0 Å². The molecule has 4 nitrogen and oxygen atoms in total. The maximum Gasteiger partial charge on any atom is 0.257 e. The molecule has 14 heavy (non-hydrogen) atoms. The zero-order valence-corrected chi connectivity index (χ0v) is 9.13. The molecule has 0 aliphatic carbocycles. The van der Waals surface area contributed by atoms with Gasteiger partial charge in [0.2, 0.25) is 0 Å². The number of aryl methyl sites for hydroxylation is 1. The Morgan fingerprint density at radius 1 is 1.50 bits per heavy atom. The van der Waals surface area contributed by atoms with Crippen molar-refractivity contribution in [3.63, 3.8) is 0 Å². The fourth-order valence-corrected chi connectivity index (χ4v) is 2.12. The number of hydrogen-bond acceptors (Lipinski definition) is 3. The van der Waals surface area contributed by atoms with E-state index in [4.69, 9.17) is 4.74 Å². The van der Waals surface area contributed by atoms with E-state index in [1.54, 1.807) is 13.2 Å². The fraction of sp³-hybridized carbons (Fsp3) is 0.333. The molecule has 0 amide bonds. The van der Waals surface area contributed by atoms with Crippen molar-refractivity contribution in [1.82, 2.24) is 4.57 Å². The average molecular weight is 258 g/mol. The van der Waals surface area contributed by atoms with Crippen molar-refractivity contribution in [3.05, 3.63) is 26.6 Å². The van der Waals surface area contributed by atoms with Gasteiger partial charge in [0, 0.05) is 19.7 Å². The molecule has 0 atom stereocenters. The summed E-state index contributed by atoms with van der Waals surface area (Å²) in [5.41, 5.74) is 0.273. The molecular weight excluding hydrogens is 250 g/mol. The number of halogens is 1. The highest BCUT2D eigenvalue weighted by Crippen LogP contribution is 2.29. The molecule has 0 spiro atoms. The summed E-state index contributed by atoms with van der Waals surface area (Å²) in [7, 11) is 1.65. The predicted octanol–water partition coefficient (Wildman–Crippen LogP) is 0.652. The van der Waals surface area contributed by atoms with Crippen LogP contribution < -0.4 is 10.3 Å². The number of carbonyl (C=O) groups excluding carboxylic acids is 1. The number of pyridine rings is 1. The first-order valence-corrected chi connectivity index (χ1v) is 4.91. The monoisotopic (exact) mass is 257 g/mol. The molecule has 0 aromatic carbocycles. The number of fused-ring (bicyclic) bond motifs is 1. The van der Waals surface area contributed by atoms with Gasteiger partial charge in [-0.05, 0) is 15.9 Å². The van der Waals surface area contributed by atoms with Crippen molar-refractivity contribution in [2.75, 3.05) is 6.61 Å². The van der Waals surface area contributed by atoms with E-state index in [9.17, 15) is 9.59 Å². The van der Waals surface area contributed by atoms with Crippen LogP contribution >= 0.6 is 15.9 Å². The van der Waals surface area contributed by atoms with E-state index in [0.717, 1.165) is 0 Å². The highest BCUT2D eigenvalue weighted by molar-refractivity contribution is 9.10. The molecule has 0 N–H and O–H groups in total. The van der Waals surface area contributed by atoms with Gasteiger partial charge in [0.15, 0.2) is 5.78 Å². The van der Waals surface area contributed by atoms with Crippen molar-refractivity contribution in [2.24, 2.45) is 7.05 Å². The lowest BCUT2D eigenvalue weighted by atomic mass is 10.1. The molecule has 1 aliphatic heterocycles. The summed E-state index contributed by atoms with van der Waals surface area (Å²) in [6.45, 7) is 0.0543. The second-order valence-electron chi connectivity index (χ2n) is 3.20. The van der Waals surface area contributed by atoms with Crippen molar-refractivity contribution >= 4 is 21.7 Å². The lowest BCUT2D eigenvalue weighted by molar-refractivity contribution is -0.121. The van der Waals surface area contributed by atoms with Crippen molar-refractivity contribution < 1.29 is 9.53 Å². The van der Waals surface area contributed by atoms with Crippen LogP contribution in [-0.2, 0) is 18.3 Å². The lowest BCUT2D eigenvalue weighted by Gasteiger charge is -2.17. The smallest absolute Gasteiger partial charge is 0.257 e. The van der Waals surface area contributed by atoms with Gasteiger partial charge in [0.1, 0.15) is 12.4 Å². The zero-order valence-electron chi connectivity index (χ0n) is 7.54. The zero-order chi connectivity index (χ0) is 10.3. The Labute approximate surface area is 88.6 Å². The van der Waals surface area contributed by atoms with Crippen LogP contribution in [0.3, 0.4) is 0 Å². The highest BCUT2D eigenvalue weighted by Gasteiger charge is 2.22. The summed E-state index contributed by atoms with van der Waals surface area (Å²) in [5, 5.41) is 0. The van der Waals surface area contributed by atoms with Gasteiger partial charge >= 0.3 is 0 Å². The Morgan fingerprint density at radius 2 is 2.21 bits per heavy atom. The summed E-state index contributed by atoms with van der Waals surface area (Å²) in [6.07, 6.45) is 1.80. The molecule has 0 radical (unpaired) electrons. The van der Waals surface area contributed by atoms with Gasteiger partial charge in [0.25, 0.3) is 5.56 Å². The minimum absolute atomic E-state index is 0.0543. The predicted molar refractivity (Wildman–Crippen MR) is 53.6 cm³/mol. The molecule has 0 unspecified atom stereocenters. The van der Waals surface area contributed by atoms with Crippen LogP contribution in [-0.4, -0.2) is 17.0 Å². The lowest BCUT2D eigenvalue weighted by Crippen LogP contribution is -2.30. The maximum absolute atomic E-state index is 11.6. The Balaban J connectivity index is 2.69. The van der Waals surface area contributed by atoms with Crippen LogP contribution in [0, 0.1) is 0 Å². The second-order valence-corrected chi connectivity index (χ2v) is 4.06. The normalized spacial score (nSPS) is 14.9. The first-order valence-electron chi connectivity index (χ1n) is 4.12. The first kappa shape index (κ1) is 9.45. The van der Waals surface area contributed by atoms with E-state index >= 15 is 0 Å². The molecule has 0 saturated carbocycles. The number of carbonyl (C=O) groups is 1. The Kier molecular flexibility index (Phi) is 2.19. The number of rotatable bonds is 0. The molecular formula is C9H8BrNO3. The van der Waals surface area contributed by atoms with Crippen LogP contribution in [0.5, 0.6) is 5.75 Å². The summed E-state index contributed by atoms with van der Waals surface area (Å²) in [6, 6.07) is 0. The quantitative estimate of drug-likeness (QED) is 0.686. The molecule has 1 aromatic rings. The van der Waals surface area contributed by atoms with Gasteiger partial charge in [-0.25, -0.2) is 0 Å². The van der Waals surface area contributed by atoms with Crippen LogP contribution in [0.2, 0.25) is 0 Å². The molecule has 5 heteroatoms. The molecule has 1 aliphatic rings. The van der Waals surface area contributed by atoms with Crippen molar-refractivity contribution in [2.45, 2.75) is 6.42 Å². The van der Waals surface area contributed by atoms with E-state index in [0.29, 0.717) is 15.8 Å². The highest BCUT2D eigenvalue weighted by atomic mass is 79.9. The van der Waals surface area contributed by atoms with Gasteiger partial charge in [-0.15, -0.1) is 0 Å². The standard InChI is InChI=1S/C9H8BrNO3/c1-11-3-7(10)8-6(9(11)13)2-5(12)4-14-8/h3H,2,4H2,1H3.